The molecule has 2 aromatic carbocycles. The summed E-state index contributed by atoms with van der Waals surface area (Å²) in [7, 11) is 0. The normalized spacial score (nSPS) is 12.1. The number of carbonyl (C=O) groups excluding carboxylic acids is 1. The first-order valence-electron chi connectivity index (χ1n) is 9.97. The number of carbonyl (C=O) groups is 1. The van der Waals surface area contributed by atoms with Crippen LogP contribution >= 0.6 is 11.6 Å². The van der Waals surface area contributed by atoms with Crippen LogP contribution in [-0.2, 0) is 4.74 Å². The molecule has 1 unspecified atom stereocenters. The zero-order chi connectivity index (χ0) is 21.8. The Morgan fingerprint density at radius 2 is 1.87 bits per heavy atom. The SMILES string of the molecule is CCOC(=O)c1ccn(C(C)C)c1C(Nc1ccc(F)c(Cl)c1)c1ccc(C)cc1. The highest BCUT2D eigenvalue weighted by Crippen LogP contribution is 2.33. The van der Waals surface area contributed by atoms with E-state index in [1.165, 1.54) is 6.07 Å². The zero-order valence-electron chi connectivity index (χ0n) is 17.6. The van der Waals surface area contributed by atoms with E-state index in [4.69, 9.17) is 16.3 Å². The summed E-state index contributed by atoms with van der Waals surface area (Å²) in [6.07, 6.45) is 1.90. The van der Waals surface area contributed by atoms with Gasteiger partial charge in [-0.15, -0.1) is 0 Å². The van der Waals surface area contributed by atoms with Gasteiger partial charge in [0.2, 0.25) is 0 Å². The van der Waals surface area contributed by atoms with Crippen molar-refractivity contribution in [1.29, 1.82) is 0 Å². The van der Waals surface area contributed by atoms with Crippen LogP contribution in [-0.4, -0.2) is 17.1 Å². The molecule has 0 fully saturated rings. The maximum absolute atomic E-state index is 13.7. The maximum atomic E-state index is 13.7. The summed E-state index contributed by atoms with van der Waals surface area (Å²) in [5.74, 6) is -0.852. The molecule has 1 aromatic heterocycles. The van der Waals surface area contributed by atoms with Crippen molar-refractivity contribution in [3.8, 4) is 0 Å². The Kier molecular flexibility index (Phi) is 6.83. The van der Waals surface area contributed by atoms with Gasteiger partial charge in [0.15, 0.2) is 0 Å². The number of ether oxygens (including phenoxy) is 1. The molecule has 0 bridgehead atoms. The Morgan fingerprint density at radius 3 is 2.47 bits per heavy atom. The first-order valence-corrected chi connectivity index (χ1v) is 10.4. The van der Waals surface area contributed by atoms with Crippen LogP contribution in [0.25, 0.3) is 0 Å². The molecule has 6 heteroatoms. The third kappa shape index (κ3) is 4.68. The van der Waals surface area contributed by atoms with Gasteiger partial charge in [-0.1, -0.05) is 41.4 Å². The smallest absolute Gasteiger partial charge is 0.340 e. The number of anilines is 1. The van der Waals surface area contributed by atoms with E-state index < -0.39 is 5.82 Å². The monoisotopic (exact) mass is 428 g/mol. The van der Waals surface area contributed by atoms with Crippen molar-refractivity contribution in [1.82, 2.24) is 4.57 Å². The van der Waals surface area contributed by atoms with Crippen molar-refractivity contribution in [3.05, 3.63) is 88.0 Å². The second kappa shape index (κ2) is 9.35. The average molecular weight is 429 g/mol. The van der Waals surface area contributed by atoms with Crippen molar-refractivity contribution >= 4 is 23.3 Å². The Balaban J connectivity index is 2.16. The summed E-state index contributed by atoms with van der Waals surface area (Å²) in [6.45, 7) is 8.21. The lowest BCUT2D eigenvalue weighted by molar-refractivity contribution is 0.0524. The summed E-state index contributed by atoms with van der Waals surface area (Å²) < 4.78 is 21.0. The van der Waals surface area contributed by atoms with Crippen LogP contribution in [0.4, 0.5) is 10.1 Å². The van der Waals surface area contributed by atoms with Crippen LogP contribution in [0.2, 0.25) is 5.02 Å². The van der Waals surface area contributed by atoms with Crippen LogP contribution in [0, 0.1) is 12.7 Å². The van der Waals surface area contributed by atoms with E-state index in [1.807, 2.05) is 37.4 Å². The van der Waals surface area contributed by atoms with Gasteiger partial charge >= 0.3 is 5.97 Å². The highest BCUT2D eigenvalue weighted by atomic mass is 35.5. The van der Waals surface area contributed by atoms with Crippen molar-refractivity contribution in [2.24, 2.45) is 0 Å². The van der Waals surface area contributed by atoms with E-state index in [-0.39, 0.29) is 23.1 Å². The van der Waals surface area contributed by atoms with Gasteiger partial charge in [0, 0.05) is 17.9 Å². The average Bonchev–Trinajstić information content (AvgIpc) is 3.15. The predicted octanol–water partition coefficient (Wildman–Crippen LogP) is 6.55. The molecular weight excluding hydrogens is 403 g/mol. The first kappa shape index (κ1) is 21.9. The largest absolute Gasteiger partial charge is 0.462 e. The molecule has 1 heterocycles. The molecule has 0 spiro atoms. The number of rotatable bonds is 7. The Morgan fingerprint density at radius 1 is 1.17 bits per heavy atom. The minimum Gasteiger partial charge on any atom is -0.462 e. The molecule has 1 atom stereocenters. The van der Waals surface area contributed by atoms with Gasteiger partial charge in [0.05, 0.1) is 28.9 Å². The summed E-state index contributed by atoms with van der Waals surface area (Å²) in [6, 6.07) is 14.1. The number of benzene rings is 2. The lowest BCUT2D eigenvalue weighted by Gasteiger charge is -2.26. The van der Waals surface area contributed by atoms with Gasteiger partial charge in [0.25, 0.3) is 0 Å². The molecule has 3 rings (SSSR count). The second-order valence-corrected chi connectivity index (χ2v) is 7.86. The fourth-order valence-corrected chi connectivity index (χ4v) is 3.60. The lowest BCUT2D eigenvalue weighted by atomic mass is 9.98. The van der Waals surface area contributed by atoms with Crippen molar-refractivity contribution in [2.45, 2.75) is 39.8 Å². The molecule has 3 aromatic rings. The quantitative estimate of drug-likeness (QED) is 0.434. The Hall–Kier alpha value is -2.79. The molecule has 0 saturated heterocycles. The summed E-state index contributed by atoms with van der Waals surface area (Å²) in [5, 5.41) is 3.47. The third-order valence-corrected chi connectivity index (χ3v) is 5.21. The number of hydrogen-bond donors (Lipinski definition) is 1. The maximum Gasteiger partial charge on any atom is 0.340 e. The summed E-state index contributed by atoms with van der Waals surface area (Å²) in [4.78, 5) is 12.7. The molecule has 30 heavy (non-hydrogen) atoms. The molecule has 4 nitrogen and oxygen atoms in total. The van der Waals surface area contributed by atoms with Gasteiger partial charge in [-0.25, -0.2) is 9.18 Å². The molecule has 0 aliphatic rings. The molecule has 0 aliphatic heterocycles. The minimum absolute atomic E-state index is 0.0347. The number of nitrogens with one attached hydrogen (secondary N) is 1. The first-order chi connectivity index (χ1) is 14.3. The third-order valence-electron chi connectivity index (χ3n) is 4.92. The molecule has 0 saturated carbocycles. The van der Waals surface area contributed by atoms with Crippen molar-refractivity contribution in [3.63, 3.8) is 0 Å². The van der Waals surface area contributed by atoms with E-state index in [0.29, 0.717) is 17.9 Å². The van der Waals surface area contributed by atoms with Crippen LogP contribution in [0.1, 0.15) is 60.0 Å². The molecule has 0 aliphatic carbocycles. The molecule has 0 amide bonds. The van der Waals surface area contributed by atoms with Crippen LogP contribution < -0.4 is 5.32 Å². The lowest BCUT2D eigenvalue weighted by Crippen LogP contribution is -2.21. The summed E-state index contributed by atoms with van der Waals surface area (Å²) in [5.41, 5.74) is 4.03. The van der Waals surface area contributed by atoms with Crippen LogP contribution in [0.5, 0.6) is 0 Å². The molecular formula is C24H26ClFN2O2. The highest BCUT2D eigenvalue weighted by Gasteiger charge is 2.27. The predicted molar refractivity (Wildman–Crippen MR) is 119 cm³/mol. The zero-order valence-corrected chi connectivity index (χ0v) is 18.3. The van der Waals surface area contributed by atoms with Gasteiger partial charge < -0.3 is 14.6 Å². The Labute approximate surface area is 181 Å². The molecule has 1 N–H and O–H groups in total. The number of aromatic nitrogens is 1. The van der Waals surface area contributed by atoms with E-state index in [1.54, 1.807) is 25.1 Å². The van der Waals surface area contributed by atoms with E-state index in [2.05, 4.69) is 23.7 Å². The van der Waals surface area contributed by atoms with Crippen LogP contribution in [0.15, 0.2) is 54.7 Å². The fraction of sp³-hybridized carbons (Fsp3) is 0.292. The second-order valence-electron chi connectivity index (χ2n) is 7.45. The number of esters is 1. The molecule has 158 valence electrons. The van der Waals surface area contributed by atoms with E-state index >= 15 is 0 Å². The van der Waals surface area contributed by atoms with E-state index in [0.717, 1.165) is 16.8 Å². The standard InChI is InChI=1S/C24H26ClFN2O2/c1-5-30-24(29)19-12-13-28(15(2)3)23(19)22(17-8-6-16(4)7-9-17)27-18-10-11-21(26)20(25)14-18/h6-15,22,27H,5H2,1-4H3. The fourth-order valence-electron chi connectivity index (χ4n) is 3.42. The van der Waals surface area contributed by atoms with Crippen molar-refractivity contribution in [2.75, 3.05) is 11.9 Å². The van der Waals surface area contributed by atoms with Gasteiger partial charge in [-0.3, -0.25) is 0 Å². The number of aryl methyl sites for hydroxylation is 1. The van der Waals surface area contributed by atoms with Crippen LogP contribution in [0.3, 0.4) is 0 Å². The number of nitrogens with zero attached hydrogens (tertiary/aromatic N) is 1. The number of halogens is 2. The van der Waals surface area contributed by atoms with E-state index in [9.17, 15) is 9.18 Å². The Bertz CT molecular complexity index is 1030. The van der Waals surface area contributed by atoms with Gasteiger partial charge in [0.1, 0.15) is 5.82 Å². The minimum atomic E-state index is -0.480. The topological polar surface area (TPSA) is 43.3 Å². The van der Waals surface area contributed by atoms with Crippen molar-refractivity contribution < 1.29 is 13.9 Å². The molecule has 0 radical (unpaired) electrons. The van der Waals surface area contributed by atoms with Gasteiger partial charge in [-0.05, 0) is 57.5 Å². The summed E-state index contributed by atoms with van der Waals surface area (Å²) >= 11 is 6.00. The van der Waals surface area contributed by atoms with Gasteiger partial charge in [-0.2, -0.15) is 0 Å². The number of hydrogen-bond acceptors (Lipinski definition) is 3. The highest BCUT2D eigenvalue weighted by molar-refractivity contribution is 6.31.